The molecule has 0 bridgehead atoms. The van der Waals surface area contributed by atoms with Gasteiger partial charge in [-0.25, -0.2) is 8.78 Å². The molecular weight excluding hydrogens is 364 g/mol. The zero-order valence-electron chi connectivity index (χ0n) is 13.9. The third kappa shape index (κ3) is 3.14. The van der Waals surface area contributed by atoms with Crippen molar-refractivity contribution in [2.24, 2.45) is 0 Å². The van der Waals surface area contributed by atoms with Gasteiger partial charge in [0, 0.05) is 44.0 Å². The monoisotopic (exact) mass is 379 g/mol. The van der Waals surface area contributed by atoms with Gasteiger partial charge in [0.2, 0.25) is 5.95 Å². The minimum absolute atomic E-state index is 0.171. The first-order valence-corrected chi connectivity index (χ1v) is 8.56. The summed E-state index contributed by atoms with van der Waals surface area (Å²) in [5, 5.41) is 16.1. The van der Waals surface area contributed by atoms with Crippen molar-refractivity contribution in [2.45, 2.75) is 38.3 Å². The number of hydrogen-bond acceptors (Lipinski definition) is 5. The van der Waals surface area contributed by atoms with E-state index in [1.165, 1.54) is 10.9 Å². The van der Waals surface area contributed by atoms with Gasteiger partial charge in [-0.2, -0.15) is 5.10 Å². The largest absolute Gasteiger partial charge is 0.307 e. The van der Waals surface area contributed by atoms with Crippen molar-refractivity contribution >= 4 is 23.4 Å². The molecule has 0 amide bonds. The molecule has 1 fully saturated rings. The van der Waals surface area contributed by atoms with Gasteiger partial charge in [0.05, 0.1) is 5.02 Å². The average molecular weight is 380 g/mol. The number of aromatic nitrogens is 6. The van der Waals surface area contributed by atoms with Crippen LogP contribution in [0.25, 0.3) is 0 Å². The first-order chi connectivity index (χ1) is 12.5. The Labute approximate surface area is 153 Å². The second kappa shape index (κ2) is 6.31. The van der Waals surface area contributed by atoms with Gasteiger partial charge in [-0.1, -0.05) is 11.6 Å². The van der Waals surface area contributed by atoms with Crippen LogP contribution in [0.3, 0.4) is 0 Å². The molecule has 0 saturated heterocycles. The molecule has 3 heterocycles. The smallest absolute Gasteiger partial charge is 0.272 e. The molecule has 0 radical (unpaired) electrons. The maximum absolute atomic E-state index is 13.2. The first-order valence-electron chi connectivity index (χ1n) is 8.18. The second-order valence-electron chi connectivity index (χ2n) is 6.11. The molecule has 7 nitrogen and oxygen atoms in total. The molecule has 0 aliphatic heterocycles. The van der Waals surface area contributed by atoms with E-state index in [4.69, 9.17) is 11.6 Å². The van der Waals surface area contributed by atoms with Crippen molar-refractivity contribution in [3.05, 3.63) is 47.1 Å². The van der Waals surface area contributed by atoms with E-state index < -0.39 is 12.0 Å². The highest BCUT2D eigenvalue weighted by Gasteiger charge is 2.59. The molecule has 1 saturated carbocycles. The summed E-state index contributed by atoms with van der Waals surface area (Å²) < 4.78 is 29.5. The normalized spacial score (nSPS) is 18.1. The highest BCUT2D eigenvalue weighted by molar-refractivity contribution is 6.31. The summed E-state index contributed by atoms with van der Waals surface area (Å²) in [6.07, 6.45) is 5.14. The van der Waals surface area contributed by atoms with Crippen LogP contribution in [0.2, 0.25) is 5.02 Å². The number of hydrogen-bond donors (Lipinski definition) is 1. The summed E-state index contributed by atoms with van der Waals surface area (Å²) in [7, 11) is 0. The molecule has 3 aromatic rings. The zero-order chi connectivity index (χ0) is 18.3. The SMILES string of the molecule is CCn1c(Cc2ccncc2Cl)nnc1Nc1ccn(C2CC2(F)F)n1. The van der Waals surface area contributed by atoms with Crippen molar-refractivity contribution < 1.29 is 8.78 Å². The maximum Gasteiger partial charge on any atom is 0.272 e. The summed E-state index contributed by atoms with van der Waals surface area (Å²) >= 11 is 6.16. The lowest BCUT2D eigenvalue weighted by Gasteiger charge is -2.08. The van der Waals surface area contributed by atoms with E-state index in [9.17, 15) is 8.78 Å². The van der Waals surface area contributed by atoms with Crippen LogP contribution in [0.15, 0.2) is 30.7 Å². The highest BCUT2D eigenvalue weighted by atomic mass is 35.5. The molecule has 4 rings (SSSR count). The lowest BCUT2D eigenvalue weighted by Crippen LogP contribution is -2.08. The molecular formula is C16H16ClF2N7. The van der Waals surface area contributed by atoms with Gasteiger partial charge in [-0.3, -0.25) is 14.2 Å². The summed E-state index contributed by atoms with van der Waals surface area (Å²) in [6.45, 7) is 2.60. The number of anilines is 2. The van der Waals surface area contributed by atoms with Crippen LogP contribution < -0.4 is 5.32 Å². The Hall–Kier alpha value is -2.55. The van der Waals surface area contributed by atoms with Gasteiger partial charge in [-0.05, 0) is 18.6 Å². The highest BCUT2D eigenvalue weighted by Crippen LogP contribution is 2.52. The number of nitrogens with zero attached hydrogens (tertiary/aromatic N) is 6. The number of pyridine rings is 1. The van der Waals surface area contributed by atoms with Crippen molar-refractivity contribution in [3.8, 4) is 0 Å². The lowest BCUT2D eigenvalue weighted by molar-refractivity contribution is 0.0984. The molecule has 10 heteroatoms. The zero-order valence-corrected chi connectivity index (χ0v) is 14.7. The molecule has 26 heavy (non-hydrogen) atoms. The van der Waals surface area contributed by atoms with Crippen LogP contribution in [0.4, 0.5) is 20.5 Å². The number of halogens is 3. The number of alkyl halides is 2. The minimum atomic E-state index is -2.66. The van der Waals surface area contributed by atoms with E-state index in [2.05, 4.69) is 25.6 Å². The summed E-state index contributed by atoms with van der Waals surface area (Å²) in [4.78, 5) is 3.97. The summed E-state index contributed by atoms with van der Waals surface area (Å²) in [5.41, 5.74) is 0.899. The second-order valence-corrected chi connectivity index (χ2v) is 6.52. The molecule has 3 aromatic heterocycles. The Balaban J connectivity index is 1.53. The van der Waals surface area contributed by atoms with Crippen LogP contribution in [-0.2, 0) is 13.0 Å². The van der Waals surface area contributed by atoms with E-state index in [0.29, 0.717) is 29.8 Å². The van der Waals surface area contributed by atoms with Gasteiger partial charge in [-0.15, -0.1) is 10.2 Å². The van der Waals surface area contributed by atoms with Gasteiger partial charge >= 0.3 is 0 Å². The fourth-order valence-electron chi connectivity index (χ4n) is 2.79. The van der Waals surface area contributed by atoms with Crippen molar-refractivity contribution in [1.29, 1.82) is 0 Å². The van der Waals surface area contributed by atoms with E-state index in [1.807, 2.05) is 17.6 Å². The fourth-order valence-corrected chi connectivity index (χ4v) is 2.97. The van der Waals surface area contributed by atoms with E-state index >= 15 is 0 Å². The number of nitrogens with one attached hydrogen (secondary N) is 1. The van der Waals surface area contributed by atoms with Crippen LogP contribution in [-0.4, -0.2) is 35.5 Å². The van der Waals surface area contributed by atoms with Gasteiger partial charge < -0.3 is 5.32 Å². The third-order valence-corrected chi connectivity index (χ3v) is 4.65. The molecule has 1 aliphatic carbocycles. The summed E-state index contributed by atoms with van der Waals surface area (Å²) in [6, 6.07) is 2.62. The molecule has 136 valence electrons. The minimum Gasteiger partial charge on any atom is -0.307 e. The Morgan fingerprint density at radius 3 is 2.85 bits per heavy atom. The van der Waals surface area contributed by atoms with Gasteiger partial charge in [0.15, 0.2) is 5.82 Å². The Morgan fingerprint density at radius 1 is 1.35 bits per heavy atom. The topological polar surface area (TPSA) is 73.5 Å². The molecule has 1 unspecified atom stereocenters. The molecule has 0 spiro atoms. The molecule has 0 aromatic carbocycles. The summed E-state index contributed by atoms with van der Waals surface area (Å²) in [5.74, 6) is -0.982. The Morgan fingerprint density at radius 2 is 2.15 bits per heavy atom. The Kier molecular flexibility index (Phi) is 4.10. The van der Waals surface area contributed by atoms with Crippen LogP contribution in [0.5, 0.6) is 0 Å². The van der Waals surface area contributed by atoms with Crippen LogP contribution in [0.1, 0.15) is 30.8 Å². The predicted octanol–water partition coefficient (Wildman–Crippen LogP) is 3.46. The van der Waals surface area contributed by atoms with E-state index in [-0.39, 0.29) is 6.42 Å². The maximum atomic E-state index is 13.2. The van der Waals surface area contributed by atoms with E-state index in [0.717, 1.165) is 11.4 Å². The third-order valence-electron chi connectivity index (χ3n) is 4.31. The average Bonchev–Trinajstić information content (AvgIpc) is 2.97. The van der Waals surface area contributed by atoms with Gasteiger partial charge in [0.1, 0.15) is 11.9 Å². The predicted molar refractivity (Wildman–Crippen MR) is 91.9 cm³/mol. The Bertz CT molecular complexity index is 936. The van der Waals surface area contributed by atoms with Crippen molar-refractivity contribution in [1.82, 2.24) is 29.5 Å². The lowest BCUT2D eigenvalue weighted by atomic mass is 10.2. The van der Waals surface area contributed by atoms with Crippen LogP contribution in [0, 0.1) is 0 Å². The van der Waals surface area contributed by atoms with Crippen molar-refractivity contribution in [3.63, 3.8) is 0 Å². The molecule has 1 aliphatic rings. The van der Waals surface area contributed by atoms with Crippen LogP contribution >= 0.6 is 11.6 Å². The quantitative estimate of drug-likeness (QED) is 0.710. The standard InChI is InChI=1S/C16H16ClF2N7/c1-2-25-14(7-10-3-5-20-9-11(10)17)22-23-15(25)21-13-4-6-26(24-13)12-8-16(12,18)19/h3-6,9,12H,2,7-8H2,1H3,(H,21,23,24). The number of rotatable bonds is 6. The van der Waals surface area contributed by atoms with Gasteiger partial charge in [0.25, 0.3) is 5.92 Å². The first kappa shape index (κ1) is 16.9. The molecule has 1 atom stereocenters. The van der Waals surface area contributed by atoms with E-state index in [1.54, 1.807) is 18.5 Å². The fraction of sp³-hybridized carbons (Fsp3) is 0.375. The molecule has 1 N–H and O–H groups in total. The van der Waals surface area contributed by atoms with Crippen molar-refractivity contribution in [2.75, 3.05) is 5.32 Å².